The Kier molecular flexibility index (Phi) is 4.34. The molecule has 0 fully saturated rings. The molecule has 20 heavy (non-hydrogen) atoms. The number of halogens is 2. The first-order valence-corrected chi connectivity index (χ1v) is 6.42. The van der Waals surface area contributed by atoms with Crippen LogP contribution in [0.15, 0.2) is 18.2 Å². The lowest BCUT2D eigenvalue weighted by Crippen LogP contribution is -2.11. The second-order valence-corrected chi connectivity index (χ2v) is 4.78. The molecule has 5 nitrogen and oxygen atoms in total. The number of hydrogen-bond acceptors (Lipinski definition) is 5. The predicted octanol–water partition coefficient (Wildman–Crippen LogP) is 3.16. The van der Waals surface area contributed by atoms with Crippen molar-refractivity contribution in [3.63, 3.8) is 0 Å². The lowest BCUT2D eigenvalue weighted by atomic mass is 10.2. The average molecular weight is 297 g/mol. The van der Waals surface area contributed by atoms with E-state index in [2.05, 4.69) is 20.3 Å². The quantitative estimate of drug-likeness (QED) is 0.939. The third kappa shape index (κ3) is 3.54. The molecule has 0 saturated heterocycles. The van der Waals surface area contributed by atoms with E-state index < -0.39 is 5.82 Å². The van der Waals surface area contributed by atoms with Crippen LogP contribution in [0.4, 0.5) is 10.3 Å². The zero-order valence-corrected chi connectivity index (χ0v) is 12.1. The summed E-state index contributed by atoms with van der Waals surface area (Å²) in [6.07, 6.45) is -0.0777. The Morgan fingerprint density at radius 2 is 1.95 bits per heavy atom. The van der Waals surface area contributed by atoms with Gasteiger partial charge in [0.15, 0.2) is 5.82 Å². The maximum Gasteiger partial charge on any atom is 0.322 e. The zero-order chi connectivity index (χ0) is 14.7. The summed E-state index contributed by atoms with van der Waals surface area (Å²) in [5, 5.41) is 3.09. The lowest BCUT2D eigenvalue weighted by Gasteiger charge is -2.10. The van der Waals surface area contributed by atoms with E-state index >= 15 is 0 Å². The van der Waals surface area contributed by atoms with Gasteiger partial charge in [0.25, 0.3) is 0 Å². The Morgan fingerprint density at radius 1 is 1.20 bits per heavy atom. The molecule has 1 aromatic carbocycles. The highest BCUT2D eigenvalue weighted by molar-refractivity contribution is 6.30. The van der Waals surface area contributed by atoms with Crippen molar-refractivity contribution in [1.82, 2.24) is 15.0 Å². The summed E-state index contributed by atoms with van der Waals surface area (Å²) >= 11 is 5.84. The molecular weight excluding hydrogens is 283 g/mol. The Bertz CT molecular complexity index is 601. The molecule has 0 aliphatic heterocycles. The first-order valence-electron chi connectivity index (χ1n) is 6.05. The normalized spacial score (nSPS) is 10.7. The van der Waals surface area contributed by atoms with E-state index in [-0.39, 0.29) is 17.1 Å². The van der Waals surface area contributed by atoms with Crippen LogP contribution in [0.25, 0.3) is 11.4 Å². The monoisotopic (exact) mass is 296 g/mol. The number of ether oxygens (including phenoxy) is 1. The van der Waals surface area contributed by atoms with Crippen LogP contribution in [0, 0.1) is 5.82 Å². The van der Waals surface area contributed by atoms with Gasteiger partial charge in [-0.3, -0.25) is 0 Å². The van der Waals surface area contributed by atoms with E-state index in [9.17, 15) is 4.39 Å². The molecule has 0 radical (unpaired) electrons. The first kappa shape index (κ1) is 14.5. The van der Waals surface area contributed by atoms with Crippen LogP contribution in [0.1, 0.15) is 13.8 Å². The van der Waals surface area contributed by atoms with Gasteiger partial charge < -0.3 is 10.1 Å². The Balaban J connectivity index is 2.49. The van der Waals surface area contributed by atoms with Crippen molar-refractivity contribution >= 4 is 17.5 Å². The van der Waals surface area contributed by atoms with Gasteiger partial charge in [0, 0.05) is 17.6 Å². The maximum atomic E-state index is 13.4. The Morgan fingerprint density at radius 3 is 2.55 bits per heavy atom. The maximum absolute atomic E-state index is 13.4. The number of benzene rings is 1. The molecule has 1 aromatic heterocycles. The van der Waals surface area contributed by atoms with Gasteiger partial charge >= 0.3 is 6.01 Å². The van der Waals surface area contributed by atoms with Crippen molar-refractivity contribution in [2.24, 2.45) is 0 Å². The topological polar surface area (TPSA) is 59.9 Å². The number of nitrogens with one attached hydrogen (secondary N) is 1. The van der Waals surface area contributed by atoms with Crippen molar-refractivity contribution in [2.45, 2.75) is 20.0 Å². The zero-order valence-electron chi connectivity index (χ0n) is 11.3. The third-order valence-corrected chi connectivity index (χ3v) is 2.52. The third-order valence-electron chi connectivity index (χ3n) is 2.30. The van der Waals surface area contributed by atoms with Crippen LogP contribution < -0.4 is 10.1 Å². The average Bonchev–Trinajstić information content (AvgIpc) is 2.36. The fraction of sp³-hybridized carbons (Fsp3) is 0.308. The summed E-state index contributed by atoms with van der Waals surface area (Å²) in [6.45, 7) is 3.73. The number of hydrogen-bond donors (Lipinski definition) is 1. The van der Waals surface area contributed by atoms with Crippen molar-refractivity contribution in [2.75, 3.05) is 12.4 Å². The van der Waals surface area contributed by atoms with Gasteiger partial charge in [-0.1, -0.05) is 11.6 Å². The van der Waals surface area contributed by atoms with Crippen molar-refractivity contribution in [3.8, 4) is 17.4 Å². The van der Waals surface area contributed by atoms with E-state index in [1.165, 1.54) is 12.1 Å². The van der Waals surface area contributed by atoms with Crippen molar-refractivity contribution in [3.05, 3.63) is 29.0 Å². The molecule has 0 aliphatic rings. The summed E-state index contributed by atoms with van der Waals surface area (Å²) in [4.78, 5) is 12.4. The first-order chi connectivity index (χ1) is 9.47. The van der Waals surface area contributed by atoms with Gasteiger partial charge in [-0.2, -0.15) is 15.0 Å². The molecule has 0 unspecified atom stereocenters. The molecule has 0 amide bonds. The minimum Gasteiger partial charge on any atom is -0.461 e. The fourth-order valence-electron chi connectivity index (χ4n) is 1.54. The summed E-state index contributed by atoms with van der Waals surface area (Å²) in [6, 6.07) is 4.28. The van der Waals surface area contributed by atoms with Crippen molar-refractivity contribution in [1.29, 1.82) is 0 Å². The van der Waals surface area contributed by atoms with E-state index in [4.69, 9.17) is 16.3 Å². The lowest BCUT2D eigenvalue weighted by molar-refractivity contribution is 0.222. The van der Waals surface area contributed by atoms with Gasteiger partial charge in [0.1, 0.15) is 5.82 Å². The smallest absolute Gasteiger partial charge is 0.322 e. The van der Waals surface area contributed by atoms with Crippen LogP contribution in [0.2, 0.25) is 5.02 Å². The Hall–Kier alpha value is -1.95. The largest absolute Gasteiger partial charge is 0.461 e. The second kappa shape index (κ2) is 6.00. The van der Waals surface area contributed by atoms with Crippen molar-refractivity contribution < 1.29 is 9.13 Å². The van der Waals surface area contributed by atoms with Crippen LogP contribution >= 0.6 is 11.6 Å². The minimum absolute atomic E-state index is 0.0777. The van der Waals surface area contributed by atoms with Crippen LogP contribution in [-0.2, 0) is 0 Å². The summed E-state index contributed by atoms with van der Waals surface area (Å²) in [7, 11) is 1.68. The summed E-state index contributed by atoms with van der Waals surface area (Å²) in [5.74, 6) is 0.178. The molecule has 1 N–H and O–H groups in total. The number of anilines is 1. The standard InChI is InChI=1S/C13H14ClFN4O/c1-7(2)20-13-18-11(17-12(16-3)19-13)8-4-9(14)6-10(15)5-8/h4-7H,1-3H3,(H,16,17,18,19). The molecule has 2 rings (SSSR count). The van der Waals surface area contributed by atoms with Crippen LogP contribution in [0.3, 0.4) is 0 Å². The van der Waals surface area contributed by atoms with Gasteiger partial charge in [0.2, 0.25) is 5.95 Å². The predicted molar refractivity (Wildman–Crippen MR) is 75.5 cm³/mol. The molecule has 0 spiro atoms. The van der Waals surface area contributed by atoms with E-state index in [1.807, 2.05) is 13.8 Å². The number of aromatic nitrogens is 3. The van der Waals surface area contributed by atoms with E-state index in [1.54, 1.807) is 13.1 Å². The van der Waals surface area contributed by atoms with E-state index in [0.717, 1.165) is 0 Å². The fourth-order valence-corrected chi connectivity index (χ4v) is 1.77. The summed E-state index contributed by atoms with van der Waals surface area (Å²) in [5.41, 5.74) is 0.461. The van der Waals surface area contributed by atoms with Gasteiger partial charge in [-0.05, 0) is 32.0 Å². The highest BCUT2D eigenvalue weighted by Gasteiger charge is 2.11. The Labute approximate surface area is 121 Å². The SMILES string of the molecule is CNc1nc(OC(C)C)nc(-c2cc(F)cc(Cl)c2)n1. The molecule has 106 valence electrons. The molecular formula is C13H14ClFN4O. The number of nitrogens with zero attached hydrogens (tertiary/aromatic N) is 3. The van der Waals surface area contributed by atoms with Crippen LogP contribution in [0.5, 0.6) is 6.01 Å². The molecule has 0 atom stereocenters. The molecule has 1 heterocycles. The number of rotatable bonds is 4. The second-order valence-electron chi connectivity index (χ2n) is 4.34. The van der Waals surface area contributed by atoms with Gasteiger partial charge in [0.05, 0.1) is 6.10 Å². The minimum atomic E-state index is -0.453. The molecule has 0 saturated carbocycles. The van der Waals surface area contributed by atoms with Crippen LogP contribution in [-0.4, -0.2) is 28.1 Å². The molecule has 7 heteroatoms. The van der Waals surface area contributed by atoms with Gasteiger partial charge in [-0.25, -0.2) is 4.39 Å². The highest BCUT2D eigenvalue weighted by Crippen LogP contribution is 2.23. The summed E-state index contributed by atoms with van der Waals surface area (Å²) < 4.78 is 18.9. The molecule has 2 aromatic rings. The van der Waals surface area contributed by atoms with E-state index in [0.29, 0.717) is 17.3 Å². The highest BCUT2D eigenvalue weighted by atomic mass is 35.5. The molecule has 0 bridgehead atoms. The van der Waals surface area contributed by atoms with Gasteiger partial charge in [-0.15, -0.1) is 0 Å². The molecule has 0 aliphatic carbocycles.